The predicted octanol–water partition coefficient (Wildman–Crippen LogP) is 4.17. The maximum Gasteiger partial charge on any atom is 0.169 e. The largest absolute Gasteiger partial charge is 0.294 e. The van der Waals surface area contributed by atoms with E-state index in [-0.39, 0.29) is 5.78 Å². The zero-order valence-corrected chi connectivity index (χ0v) is 14.9. The average Bonchev–Trinajstić information content (AvgIpc) is 2.59. The zero-order chi connectivity index (χ0) is 14.2. The van der Waals surface area contributed by atoms with Gasteiger partial charge in [0.15, 0.2) is 5.78 Å². The van der Waals surface area contributed by atoms with Gasteiger partial charge in [0.25, 0.3) is 0 Å². The second-order valence-corrected chi connectivity index (χ2v) is 6.59. The van der Waals surface area contributed by atoms with Gasteiger partial charge in [0.1, 0.15) is 0 Å². The van der Waals surface area contributed by atoms with Crippen LogP contribution in [-0.4, -0.2) is 15.6 Å². The van der Waals surface area contributed by atoms with Crippen molar-refractivity contribution in [2.45, 2.75) is 13.3 Å². The van der Waals surface area contributed by atoms with E-state index in [9.17, 15) is 4.79 Å². The number of carbonyl (C=O) groups excluding carboxylic acids is 1. The van der Waals surface area contributed by atoms with E-state index in [4.69, 9.17) is 11.6 Å². The van der Waals surface area contributed by atoms with Gasteiger partial charge in [-0.25, -0.2) is 0 Å². The molecule has 1 aromatic carbocycles. The molecule has 0 N–H and O–H groups in total. The molecule has 2 aromatic rings. The van der Waals surface area contributed by atoms with Crippen LogP contribution in [0.2, 0.25) is 5.02 Å². The quantitative estimate of drug-likeness (QED) is 0.517. The van der Waals surface area contributed by atoms with Crippen LogP contribution in [0.4, 0.5) is 0 Å². The number of aryl methyl sites for hydroxylation is 2. The van der Waals surface area contributed by atoms with Gasteiger partial charge in [0, 0.05) is 21.2 Å². The molecular weight excluding hydrogens is 442 g/mol. The Morgan fingerprint density at radius 2 is 2.21 bits per heavy atom. The Morgan fingerprint density at radius 3 is 2.79 bits per heavy atom. The van der Waals surface area contributed by atoms with Crippen LogP contribution in [0.3, 0.4) is 0 Å². The van der Waals surface area contributed by atoms with E-state index in [2.05, 4.69) is 43.6 Å². The maximum absolute atomic E-state index is 12.4. The fourth-order valence-corrected chi connectivity index (χ4v) is 3.12. The number of Topliss-reactive ketones (excluding diaryl/α,β-unsaturated/α-hetero) is 1. The average molecular weight is 454 g/mol. The molecule has 0 amide bonds. The molecule has 2 rings (SSSR count). The van der Waals surface area contributed by atoms with Crippen LogP contribution in [0, 0.1) is 10.5 Å². The second kappa shape index (κ2) is 5.93. The number of rotatable bonds is 3. The maximum atomic E-state index is 12.4. The number of carbonyl (C=O) groups is 1. The van der Waals surface area contributed by atoms with Crippen LogP contribution in [0.5, 0.6) is 0 Å². The summed E-state index contributed by atoms with van der Waals surface area (Å²) in [6.45, 7) is 1.90. The third kappa shape index (κ3) is 3.20. The molecule has 3 nitrogen and oxygen atoms in total. The molecule has 1 aromatic heterocycles. The standard InChI is InChI=1S/C13H11BrClIN2O/c1-7-13(14)11(18(2)17-7)6-12(19)9-5-8(15)3-4-10(9)16/h3-5H,6H2,1-2H3. The lowest BCUT2D eigenvalue weighted by Gasteiger charge is -2.06. The Kier molecular flexibility index (Phi) is 4.68. The van der Waals surface area contributed by atoms with Crippen molar-refractivity contribution in [2.24, 2.45) is 7.05 Å². The van der Waals surface area contributed by atoms with Crippen molar-refractivity contribution in [1.29, 1.82) is 0 Å². The van der Waals surface area contributed by atoms with Crippen molar-refractivity contribution in [3.63, 3.8) is 0 Å². The van der Waals surface area contributed by atoms with Gasteiger partial charge in [-0.2, -0.15) is 5.10 Å². The number of nitrogens with zero attached hydrogens (tertiary/aromatic N) is 2. The summed E-state index contributed by atoms with van der Waals surface area (Å²) in [5.74, 6) is 0.0376. The third-order valence-electron chi connectivity index (χ3n) is 2.82. The first-order valence-corrected chi connectivity index (χ1v) is 7.81. The molecule has 6 heteroatoms. The first kappa shape index (κ1) is 15.0. The van der Waals surface area contributed by atoms with Crippen molar-refractivity contribution < 1.29 is 4.79 Å². The minimum atomic E-state index is 0.0376. The molecule has 0 aliphatic carbocycles. The molecule has 0 aliphatic heterocycles. The lowest BCUT2D eigenvalue weighted by molar-refractivity contribution is 0.0989. The first-order chi connectivity index (χ1) is 8.90. The summed E-state index contributed by atoms with van der Waals surface area (Å²) in [5.41, 5.74) is 2.41. The van der Waals surface area contributed by atoms with E-state index >= 15 is 0 Å². The number of halogens is 3. The molecule has 0 saturated carbocycles. The zero-order valence-electron chi connectivity index (χ0n) is 10.4. The second-order valence-electron chi connectivity index (χ2n) is 4.19. The topological polar surface area (TPSA) is 34.9 Å². The van der Waals surface area contributed by atoms with Crippen molar-refractivity contribution in [2.75, 3.05) is 0 Å². The first-order valence-electron chi connectivity index (χ1n) is 5.56. The normalized spacial score (nSPS) is 10.8. The van der Waals surface area contributed by atoms with Crippen molar-refractivity contribution in [3.05, 3.63) is 48.2 Å². The molecule has 0 fully saturated rings. The highest BCUT2D eigenvalue weighted by atomic mass is 127. The van der Waals surface area contributed by atoms with Gasteiger partial charge in [0.05, 0.1) is 22.3 Å². The lowest BCUT2D eigenvalue weighted by atomic mass is 10.1. The Bertz CT molecular complexity index is 654. The molecule has 0 bridgehead atoms. The highest BCUT2D eigenvalue weighted by molar-refractivity contribution is 14.1. The molecule has 0 radical (unpaired) electrons. The van der Waals surface area contributed by atoms with E-state index in [0.29, 0.717) is 17.0 Å². The van der Waals surface area contributed by atoms with Crippen LogP contribution >= 0.6 is 50.1 Å². The van der Waals surface area contributed by atoms with Gasteiger partial charge < -0.3 is 0 Å². The smallest absolute Gasteiger partial charge is 0.169 e. The Balaban J connectivity index is 2.33. The van der Waals surface area contributed by atoms with E-state index < -0.39 is 0 Å². The van der Waals surface area contributed by atoms with Crippen LogP contribution in [0.15, 0.2) is 22.7 Å². The fraction of sp³-hybridized carbons (Fsp3) is 0.231. The summed E-state index contributed by atoms with van der Waals surface area (Å²) in [4.78, 5) is 12.4. The summed E-state index contributed by atoms with van der Waals surface area (Å²) < 4.78 is 3.52. The van der Waals surface area contributed by atoms with Gasteiger partial charge in [0.2, 0.25) is 0 Å². The van der Waals surface area contributed by atoms with Gasteiger partial charge in [-0.1, -0.05) is 11.6 Å². The van der Waals surface area contributed by atoms with Crippen LogP contribution < -0.4 is 0 Å². The number of ketones is 1. The molecular formula is C13H11BrClIN2O. The SMILES string of the molecule is Cc1nn(C)c(CC(=O)c2cc(Cl)ccc2I)c1Br. The third-order valence-corrected chi connectivity index (χ3v) is 5.03. The Morgan fingerprint density at radius 1 is 1.53 bits per heavy atom. The fourth-order valence-electron chi connectivity index (χ4n) is 1.83. The highest BCUT2D eigenvalue weighted by Crippen LogP contribution is 2.24. The highest BCUT2D eigenvalue weighted by Gasteiger charge is 2.17. The van der Waals surface area contributed by atoms with Crippen LogP contribution in [-0.2, 0) is 13.5 Å². The van der Waals surface area contributed by atoms with E-state index in [1.54, 1.807) is 16.8 Å². The summed E-state index contributed by atoms with van der Waals surface area (Å²) in [7, 11) is 1.84. The van der Waals surface area contributed by atoms with Crippen LogP contribution in [0.1, 0.15) is 21.7 Å². The van der Waals surface area contributed by atoms with E-state index in [0.717, 1.165) is 19.4 Å². The molecule has 0 unspecified atom stereocenters. The van der Waals surface area contributed by atoms with Gasteiger partial charge in [-0.15, -0.1) is 0 Å². The van der Waals surface area contributed by atoms with Gasteiger partial charge in [-0.3, -0.25) is 9.48 Å². The Labute approximate surface area is 138 Å². The summed E-state index contributed by atoms with van der Waals surface area (Å²) in [5, 5.41) is 4.86. The number of benzene rings is 1. The molecule has 1 heterocycles. The molecule has 19 heavy (non-hydrogen) atoms. The number of aromatic nitrogens is 2. The van der Waals surface area contributed by atoms with Crippen molar-refractivity contribution >= 4 is 55.9 Å². The number of hydrogen-bond acceptors (Lipinski definition) is 2. The molecule has 0 aliphatic rings. The summed E-state index contributed by atoms with van der Waals surface area (Å²) in [6.07, 6.45) is 0.300. The van der Waals surface area contributed by atoms with E-state index in [1.165, 1.54) is 0 Å². The van der Waals surface area contributed by atoms with Gasteiger partial charge in [-0.05, 0) is 63.6 Å². The molecule has 0 atom stereocenters. The molecule has 0 saturated heterocycles. The number of hydrogen-bond donors (Lipinski definition) is 0. The molecule has 0 spiro atoms. The summed E-state index contributed by atoms with van der Waals surface area (Å²) >= 11 is 11.6. The minimum Gasteiger partial charge on any atom is -0.294 e. The Hall–Kier alpha value is -0.400. The molecule has 100 valence electrons. The van der Waals surface area contributed by atoms with Crippen molar-refractivity contribution in [1.82, 2.24) is 9.78 Å². The van der Waals surface area contributed by atoms with Gasteiger partial charge >= 0.3 is 0 Å². The van der Waals surface area contributed by atoms with Crippen molar-refractivity contribution in [3.8, 4) is 0 Å². The lowest BCUT2D eigenvalue weighted by Crippen LogP contribution is -2.09. The minimum absolute atomic E-state index is 0.0376. The predicted molar refractivity (Wildman–Crippen MR) is 87.8 cm³/mol. The monoisotopic (exact) mass is 452 g/mol. The van der Waals surface area contributed by atoms with E-state index in [1.807, 2.05) is 20.0 Å². The summed E-state index contributed by atoms with van der Waals surface area (Å²) in [6, 6.07) is 5.34. The van der Waals surface area contributed by atoms with Crippen LogP contribution in [0.25, 0.3) is 0 Å².